The van der Waals surface area contributed by atoms with E-state index >= 15 is 0 Å². The van der Waals surface area contributed by atoms with Crippen LogP contribution in [0, 0.1) is 6.92 Å². The topological polar surface area (TPSA) is 69.8 Å². The van der Waals surface area contributed by atoms with E-state index in [2.05, 4.69) is 0 Å². The maximum Gasteiger partial charge on any atom is 0.254 e. The molecule has 1 amide bonds. The average molecular weight is 277 g/mol. The minimum atomic E-state index is -0.432. The van der Waals surface area contributed by atoms with Gasteiger partial charge >= 0.3 is 0 Å². The molecule has 5 heteroatoms. The van der Waals surface area contributed by atoms with Crippen LogP contribution in [0.2, 0.25) is 0 Å². The smallest absolute Gasteiger partial charge is 0.254 e. The SMILES string of the molecule is Cc1cc(N)ccc1C(=O)N1CC(O)CC1CN(C)C. The summed E-state index contributed by atoms with van der Waals surface area (Å²) in [6, 6.07) is 5.38. The highest BCUT2D eigenvalue weighted by molar-refractivity contribution is 5.96. The van der Waals surface area contributed by atoms with Gasteiger partial charge in [-0.15, -0.1) is 0 Å². The number of aliphatic hydroxyl groups excluding tert-OH is 1. The third-order valence-corrected chi connectivity index (χ3v) is 3.71. The molecule has 110 valence electrons. The fourth-order valence-corrected chi connectivity index (χ4v) is 2.82. The van der Waals surface area contributed by atoms with Crippen LogP contribution >= 0.6 is 0 Å². The molecule has 2 rings (SSSR count). The lowest BCUT2D eigenvalue weighted by Gasteiger charge is -2.27. The maximum absolute atomic E-state index is 12.7. The number of hydrogen-bond donors (Lipinski definition) is 2. The van der Waals surface area contributed by atoms with Crippen LogP contribution in [0.4, 0.5) is 5.69 Å². The molecule has 0 aromatic heterocycles. The van der Waals surface area contributed by atoms with Gasteiger partial charge in [-0.3, -0.25) is 4.79 Å². The van der Waals surface area contributed by atoms with E-state index in [0.29, 0.717) is 24.2 Å². The lowest BCUT2D eigenvalue weighted by molar-refractivity contribution is 0.0698. The number of anilines is 1. The summed E-state index contributed by atoms with van der Waals surface area (Å²) in [7, 11) is 3.95. The number of aryl methyl sites for hydroxylation is 1. The number of rotatable bonds is 3. The minimum absolute atomic E-state index is 0.0223. The largest absolute Gasteiger partial charge is 0.399 e. The average Bonchev–Trinajstić information content (AvgIpc) is 2.68. The summed E-state index contributed by atoms with van der Waals surface area (Å²) < 4.78 is 0. The molecule has 5 nitrogen and oxygen atoms in total. The molecule has 0 spiro atoms. The first-order valence-electron chi connectivity index (χ1n) is 6.88. The van der Waals surface area contributed by atoms with Crippen molar-refractivity contribution in [2.75, 3.05) is 32.9 Å². The normalized spacial score (nSPS) is 22.6. The molecule has 0 saturated carbocycles. The van der Waals surface area contributed by atoms with E-state index < -0.39 is 6.10 Å². The van der Waals surface area contributed by atoms with Crippen molar-refractivity contribution in [2.24, 2.45) is 0 Å². The second kappa shape index (κ2) is 5.81. The minimum Gasteiger partial charge on any atom is -0.399 e. The Balaban J connectivity index is 2.22. The first-order valence-corrected chi connectivity index (χ1v) is 6.88. The van der Waals surface area contributed by atoms with Gasteiger partial charge in [-0.05, 0) is 51.2 Å². The van der Waals surface area contributed by atoms with E-state index in [9.17, 15) is 9.90 Å². The van der Waals surface area contributed by atoms with Gasteiger partial charge in [-0.2, -0.15) is 0 Å². The number of nitrogens with zero attached hydrogens (tertiary/aromatic N) is 2. The number of likely N-dealkylation sites (N-methyl/N-ethyl adjacent to an activating group) is 1. The van der Waals surface area contributed by atoms with Crippen molar-refractivity contribution in [2.45, 2.75) is 25.5 Å². The number of likely N-dealkylation sites (tertiary alicyclic amines) is 1. The zero-order valence-corrected chi connectivity index (χ0v) is 12.3. The van der Waals surface area contributed by atoms with E-state index in [-0.39, 0.29) is 11.9 Å². The Morgan fingerprint density at radius 1 is 1.50 bits per heavy atom. The van der Waals surface area contributed by atoms with Gasteiger partial charge in [-0.25, -0.2) is 0 Å². The molecule has 2 atom stereocenters. The molecule has 2 unspecified atom stereocenters. The van der Waals surface area contributed by atoms with Crippen molar-refractivity contribution in [3.8, 4) is 0 Å². The highest BCUT2D eigenvalue weighted by atomic mass is 16.3. The quantitative estimate of drug-likeness (QED) is 0.799. The molecule has 1 aliphatic rings. The molecule has 0 aliphatic carbocycles. The number of nitrogens with two attached hydrogens (primary N) is 1. The number of aliphatic hydroxyl groups is 1. The lowest BCUT2D eigenvalue weighted by Crippen LogP contribution is -2.41. The molecule has 1 saturated heterocycles. The number of carbonyl (C=O) groups excluding carboxylic acids is 1. The van der Waals surface area contributed by atoms with Crippen LogP contribution in [-0.4, -0.2) is 60.1 Å². The van der Waals surface area contributed by atoms with Crippen molar-refractivity contribution in [3.05, 3.63) is 29.3 Å². The Hall–Kier alpha value is -1.59. The van der Waals surface area contributed by atoms with Gasteiger partial charge in [-0.1, -0.05) is 0 Å². The van der Waals surface area contributed by atoms with Crippen molar-refractivity contribution in [1.82, 2.24) is 9.80 Å². The molecular formula is C15H23N3O2. The molecular weight excluding hydrogens is 254 g/mol. The second-order valence-corrected chi connectivity index (χ2v) is 5.84. The highest BCUT2D eigenvalue weighted by Gasteiger charge is 2.35. The van der Waals surface area contributed by atoms with E-state index in [0.717, 1.165) is 12.1 Å². The predicted octanol–water partition coefficient (Wildman–Crippen LogP) is 0.714. The number of β-amino-alcohol motifs (C(OH)–C–C–N with tert-alkyl or cyclic N) is 1. The van der Waals surface area contributed by atoms with Crippen molar-refractivity contribution in [1.29, 1.82) is 0 Å². The zero-order valence-electron chi connectivity index (χ0n) is 12.3. The Morgan fingerprint density at radius 3 is 2.80 bits per heavy atom. The Bertz CT molecular complexity index is 502. The first kappa shape index (κ1) is 14.8. The van der Waals surface area contributed by atoms with Gasteiger partial charge in [0.05, 0.1) is 6.10 Å². The van der Waals surface area contributed by atoms with Gasteiger partial charge in [0.25, 0.3) is 5.91 Å². The molecule has 1 aromatic rings. The Morgan fingerprint density at radius 2 is 2.20 bits per heavy atom. The number of nitrogen functional groups attached to an aromatic ring is 1. The van der Waals surface area contributed by atoms with Gasteiger partial charge in [0, 0.05) is 30.4 Å². The number of hydrogen-bond acceptors (Lipinski definition) is 4. The predicted molar refractivity (Wildman–Crippen MR) is 79.6 cm³/mol. The monoisotopic (exact) mass is 277 g/mol. The molecule has 1 aliphatic heterocycles. The van der Waals surface area contributed by atoms with Crippen LogP contribution < -0.4 is 5.73 Å². The van der Waals surface area contributed by atoms with Gasteiger partial charge in [0.2, 0.25) is 0 Å². The highest BCUT2D eigenvalue weighted by Crippen LogP contribution is 2.23. The summed E-state index contributed by atoms with van der Waals surface area (Å²) in [5.41, 5.74) is 7.92. The van der Waals surface area contributed by atoms with E-state index in [1.54, 1.807) is 23.1 Å². The van der Waals surface area contributed by atoms with Crippen LogP contribution in [0.25, 0.3) is 0 Å². The molecule has 3 N–H and O–H groups in total. The third kappa shape index (κ3) is 3.11. The van der Waals surface area contributed by atoms with Crippen molar-refractivity contribution in [3.63, 3.8) is 0 Å². The molecule has 0 radical (unpaired) electrons. The fourth-order valence-electron chi connectivity index (χ4n) is 2.82. The standard InChI is InChI=1S/C15H23N3O2/c1-10-6-11(16)4-5-14(10)15(20)18-9-13(19)7-12(18)8-17(2)3/h4-6,12-13,19H,7-9,16H2,1-3H3. The maximum atomic E-state index is 12.7. The Kier molecular flexibility index (Phi) is 4.30. The molecule has 1 aromatic carbocycles. The zero-order chi connectivity index (χ0) is 14.9. The lowest BCUT2D eigenvalue weighted by atomic mass is 10.1. The molecule has 0 bridgehead atoms. The van der Waals surface area contributed by atoms with Gasteiger partial charge in [0.15, 0.2) is 0 Å². The third-order valence-electron chi connectivity index (χ3n) is 3.71. The summed E-state index contributed by atoms with van der Waals surface area (Å²) in [5, 5.41) is 9.86. The number of benzene rings is 1. The second-order valence-electron chi connectivity index (χ2n) is 5.84. The molecule has 1 fully saturated rings. The molecule has 20 heavy (non-hydrogen) atoms. The van der Waals surface area contributed by atoms with E-state index in [1.807, 2.05) is 25.9 Å². The van der Waals surface area contributed by atoms with Gasteiger partial charge < -0.3 is 20.6 Å². The summed E-state index contributed by atoms with van der Waals surface area (Å²) in [4.78, 5) is 16.5. The molecule has 1 heterocycles. The van der Waals surface area contributed by atoms with Crippen molar-refractivity contribution < 1.29 is 9.90 Å². The van der Waals surface area contributed by atoms with Crippen LogP contribution in [0.1, 0.15) is 22.3 Å². The van der Waals surface area contributed by atoms with E-state index in [4.69, 9.17) is 5.73 Å². The van der Waals surface area contributed by atoms with Crippen LogP contribution in [0.3, 0.4) is 0 Å². The summed E-state index contributed by atoms with van der Waals surface area (Å²) in [6.45, 7) is 3.05. The van der Waals surface area contributed by atoms with E-state index in [1.165, 1.54) is 0 Å². The number of amides is 1. The van der Waals surface area contributed by atoms with Crippen LogP contribution in [0.15, 0.2) is 18.2 Å². The summed E-state index contributed by atoms with van der Waals surface area (Å²) >= 11 is 0. The number of carbonyl (C=O) groups is 1. The summed E-state index contributed by atoms with van der Waals surface area (Å²) in [5.74, 6) is -0.0223. The van der Waals surface area contributed by atoms with Crippen LogP contribution in [-0.2, 0) is 0 Å². The fraction of sp³-hybridized carbons (Fsp3) is 0.533. The van der Waals surface area contributed by atoms with Crippen LogP contribution in [0.5, 0.6) is 0 Å². The first-order chi connectivity index (χ1) is 9.38. The van der Waals surface area contributed by atoms with Crippen molar-refractivity contribution >= 4 is 11.6 Å². The summed E-state index contributed by atoms with van der Waals surface area (Å²) in [6.07, 6.45) is 0.204. The van der Waals surface area contributed by atoms with Gasteiger partial charge in [0.1, 0.15) is 0 Å². The Labute approximate surface area is 120 Å².